The van der Waals surface area contributed by atoms with E-state index in [2.05, 4.69) is 15.5 Å². The maximum atomic E-state index is 11.1. The van der Waals surface area contributed by atoms with Gasteiger partial charge >= 0.3 is 0 Å². The van der Waals surface area contributed by atoms with Crippen molar-refractivity contribution in [1.29, 1.82) is 5.26 Å². The van der Waals surface area contributed by atoms with Crippen LogP contribution in [0.1, 0.15) is 12.0 Å². The lowest BCUT2D eigenvalue weighted by Crippen LogP contribution is -2.16. The molecule has 0 atom stereocenters. The minimum atomic E-state index is -0.462. The Morgan fingerprint density at radius 1 is 1.55 bits per heavy atom. The number of aromatic nitrogens is 1. The Morgan fingerprint density at radius 3 is 3.10 bits per heavy atom. The van der Waals surface area contributed by atoms with Crippen molar-refractivity contribution in [3.05, 3.63) is 35.9 Å². The molecule has 1 amide bonds. The summed E-state index contributed by atoms with van der Waals surface area (Å²) in [5.74, 6) is -0.0431. The Labute approximate surface area is 115 Å². The maximum absolute atomic E-state index is 11.1. The van der Waals surface area contributed by atoms with Gasteiger partial charge in [-0.15, -0.1) is 0 Å². The third-order valence-electron chi connectivity index (χ3n) is 2.54. The fraction of sp³-hybridized carbons (Fsp3) is 0.143. The molecule has 0 aliphatic carbocycles. The quantitative estimate of drug-likeness (QED) is 0.674. The molecule has 0 saturated carbocycles. The molecule has 0 spiro atoms. The van der Waals surface area contributed by atoms with E-state index in [9.17, 15) is 4.79 Å². The van der Waals surface area contributed by atoms with Gasteiger partial charge in [0.25, 0.3) is 5.91 Å². The number of hydrazone groups is 1. The van der Waals surface area contributed by atoms with E-state index in [0.717, 1.165) is 10.9 Å². The summed E-state index contributed by atoms with van der Waals surface area (Å²) < 4.78 is 5.19. The van der Waals surface area contributed by atoms with Crippen molar-refractivity contribution in [3.8, 4) is 11.9 Å². The number of para-hydroxylation sites is 1. The first-order chi connectivity index (χ1) is 9.74. The van der Waals surface area contributed by atoms with Gasteiger partial charge in [-0.3, -0.25) is 4.79 Å². The van der Waals surface area contributed by atoms with Crippen LogP contribution in [0.15, 0.2) is 35.4 Å². The molecule has 0 bridgehead atoms. The molecule has 0 aliphatic rings. The lowest BCUT2D eigenvalue weighted by molar-refractivity contribution is -0.120. The highest BCUT2D eigenvalue weighted by Crippen LogP contribution is 2.20. The van der Waals surface area contributed by atoms with Gasteiger partial charge in [0.15, 0.2) is 0 Å². The Bertz CT molecular complexity index is 704. The molecular formula is C14H12N4O2. The second-order valence-corrected chi connectivity index (χ2v) is 3.91. The van der Waals surface area contributed by atoms with Crippen LogP contribution < -0.4 is 10.2 Å². The van der Waals surface area contributed by atoms with Gasteiger partial charge in [0.1, 0.15) is 6.42 Å². The second kappa shape index (κ2) is 6.29. The van der Waals surface area contributed by atoms with Crippen LogP contribution in [0, 0.1) is 11.3 Å². The van der Waals surface area contributed by atoms with Crippen LogP contribution in [-0.4, -0.2) is 24.2 Å². The number of hydrogen-bond acceptors (Lipinski definition) is 5. The van der Waals surface area contributed by atoms with Gasteiger partial charge in [-0.25, -0.2) is 10.4 Å². The minimum Gasteiger partial charge on any atom is -0.481 e. The minimum absolute atomic E-state index is 0.232. The fourth-order valence-electron chi connectivity index (χ4n) is 1.66. The van der Waals surface area contributed by atoms with Crippen LogP contribution in [0.4, 0.5) is 0 Å². The second-order valence-electron chi connectivity index (χ2n) is 3.91. The summed E-state index contributed by atoms with van der Waals surface area (Å²) in [6.07, 6.45) is 1.21. The molecule has 20 heavy (non-hydrogen) atoms. The SMILES string of the molecule is COc1nc2ccccc2cc1/C=N\NC(=O)CC#N. The van der Waals surface area contributed by atoms with Crippen molar-refractivity contribution >= 4 is 23.0 Å². The average molecular weight is 268 g/mol. The summed E-state index contributed by atoms with van der Waals surface area (Å²) in [4.78, 5) is 15.5. The summed E-state index contributed by atoms with van der Waals surface area (Å²) in [7, 11) is 1.52. The van der Waals surface area contributed by atoms with E-state index >= 15 is 0 Å². The highest BCUT2D eigenvalue weighted by atomic mass is 16.5. The standard InChI is InChI=1S/C14H12N4O2/c1-20-14-11(9-16-18-13(19)6-7-15)8-10-4-2-3-5-12(10)17-14/h2-5,8-9H,6H2,1H3,(H,18,19)/b16-9-. The lowest BCUT2D eigenvalue weighted by atomic mass is 10.1. The Balaban J connectivity index is 2.26. The number of fused-ring (bicyclic) bond motifs is 1. The number of ether oxygens (including phenoxy) is 1. The van der Waals surface area contributed by atoms with Crippen molar-refractivity contribution in [2.75, 3.05) is 7.11 Å². The Morgan fingerprint density at radius 2 is 2.35 bits per heavy atom. The number of hydrogen-bond donors (Lipinski definition) is 1. The molecule has 1 heterocycles. The van der Waals surface area contributed by atoms with Gasteiger partial charge in [0.2, 0.25) is 5.88 Å². The molecule has 0 unspecified atom stereocenters. The molecule has 0 saturated heterocycles. The van der Waals surface area contributed by atoms with Crippen molar-refractivity contribution in [2.24, 2.45) is 5.10 Å². The van der Waals surface area contributed by atoms with Gasteiger partial charge in [0.05, 0.1) is 30.5 Å². The first-order valence-electron chi connectivity index (χ1n) is 5.87. The van der Waals surface area contributed by atoms with Gasteiger partial charge in [-0.1, -0.05) is 18.2 Å². The average Bonchev–Trinajstić information content (AvgIpc) is 2.46. The predicted octanol–water partition coefficient (Wildman–Crippen LogP) is 1.61. The zero-order valence-electron chi connectivity index (χ0n) is 10.8. The largest absolute Gasteiger partial charge is 0.481 e. The van der Waals surface area contributed by atoms with E-state index in [0.29, 0.717) is 11.4 Å². The number of carbonyl (C=O) groups excluding carboxylic acids is 1. The van der Waals surface area contributed by atoms with Crippen LogP contribution in [-0.2, 0) is 4.79 Å². The molecule has 2 aromatic rings. The third-order valence-corrected chi connectivity index (χ3v) is 2.54. The molecule has 1 aromatic heterocycles. The van der Waals surface area contributed by atoms with Gasteiger partial charge in [-0.05, 0) is 12.1 Å². The number of nitrogens with one attached hydrogen (secondary N) is 1. The number of amides is 1. The van der Waals surface area contributed by atoms with E-state index in [-0.39, 0.29) is 6.42 Å². The van der Waals surface area contributed by atoms with Crippen LogP contribution in [0.3, 0.4) is 0 Å². The summed E-state index contributed by atoms with van der Waals surface area (Å²) >= 11 is 0. The maximum Gasteiger partial charge on any atom is 0.254 e. The molecule has 100 valence electrons. The number of carbonyl (C=O) groups is 1. The topological polar surface area (TPSA) is 87.4 Å². The molecule has 2 rings (SSSR count). The first-order valence-corrected chi connectivity index (χ1v) is 5.87. The normalized spacial score (nSPS) is 10.4. The van der Waals surface area contributed by atoms with E-state index in [1.54, 1.807) is 6.07 Å². The summed E-state index contributed by atoms with van der Waals surface area (Å²) in [6.45, 7) is 0. The molecule has 0 fully saturated rings. The molecule has 6 heteroatoms. The zero-order chi connectivity index (χ0) is 14.4. The summed E-state index contributed by atoms with van der Waals surface area (Å²) in [6, 6.07) is 11.2. The molecule has 6 nitrogen and oxygen atoms in total. The highest BCUT2D eigenvalue weighted by molar-refractivity contribution is 5.91. The van der Waals surface area contributed by atoms with E-state index in [1.807, 2.05) is 30.3 Å². The van der Waals surface area contributed by atoms with Crippen LogP contribution in [0.5, 0.6) is 5.88 Å². The van der Waals surface area contributed by atoms with E-state index in [4.69, 9.17) is 10.00 Å². The molecular weight excluding hydrogens is 256 g/mol. The fourth-order valence-corrected chi connectivity index (χ4v) is 1.66. The molecule has 0 radical (unpaired) electrons. The van der Waals surface area contributed by atoms with Crippen LogP contribution in [0.25, 0.3) is 10.9 Å². The summed E-state index contributed by atoms with van der Waals surface area (Å²) in [5, 5.41) is 13.1. The highest BCUT2D eigenvalue weighted by Gasteiger charge is 2.05. The van der Waals surface area contributed by atoms with Gasteiger partial charge in [-0.2, -0.15) is 10.4 Å². The van der Waals surface area contributed by atoms with Gasteiger partial charge < -0.3 is 4.74 Å². The Hall–Kier alpha value is -2.94. The monoisotopic (exact) mass is 268 g/mol. The number of nitrogens with zero attached hydrogens (tertiary/aromatic N) is 3. The van der Waals surface area contributed by atoms with Gasteiger partial charge in [0, 0.05) is 5.39 Å². The number of methoxy groups -OCH3 is 1. The molecule has 0 aliphatic heterocycles. The van der Waals surface area contributed by atoms with Crippen molar-refractivity contribution in [1.82, 2.24) is 10.4 Å². The Kier molecular flexibility index (Phi) is 4.24. The van der Waals surface area contributed by atoms with Crippen molar-refractivity contribution in [3.63, 3.8) is 0 Å². The van der Waals surface area contributed by atoms with Crippen LogP contribution >= 0.6 is 0 Å². The smallest absolute Gasteiger partial charge is 0.254 e. The molecule has 1 aromatic carbocycles. The first kappa shape index (κ1) is 13.5. The lowest BCUT2D eigenvalue weighted by Gasteiger charge is -2.05. The number of nitriles is 1. The van der Waals surface area contributed by atoms with Crippen molar-refractivity contribution < 1.29 is 9.53 Å². The summed E-state index contributed by atoms with van der Waals surface area (Å²) in [5.41, 5.74) is 3.71. The predicted molar refractivity (Wildman–Crippen MR) is 74.3 cm³/mol. The number of rotatable bonds is 4. The van der Waals surface area contributed by atoms with E-state index < -0.39 is 5.91 Å². The zero-order valence-corrected chi connectivity index (χ0v) is 10.8. The van der Waals surface area contributed by atoms with Crippen LogP contribution in [0.2, 0.25) is 0 Å². The van der Waals surface area contributed by atoms with E-state index in [1.165, 1.54) is 13.3 Å². The van der Waals surface area contributed by atoms with Crippen molar-refractivity contribution in [2.45, 2.75) is 6.42 Å². The number of benzene rings is 1. The third kappa shape index (κ3) is 3.09. The molecule has 1 N–H and O–H groups in total. The number of pyridine rings is 1.